The summed E-state index contributed by atoms with van der Waals surface area (Å²) in [5, 5.41) is 2.74. The first kappa shape index (κ1) is 18.0. The summed E-state index contributed by atoms with van der Waals surface area (Å²) in [4.78, 5) is 38.1. The summed E-state index contributed by atoms with van der Waals surface area (Å²) < 4.78 is 5.71. The lowest BCUT2D eigenvalue weighted by Crippen LogP contribution is -2.42. The van der Waals surface area contributed by atoms with Crippen LogP contribution in [0.3, 0.4) is 0 Å². The predicted octanol–water partition coefficient (Wildman–Crippen LogP) is 1.85. The van der Waals surface area contributed by atoms with E-state index in [1.165, 1.54) is 17.5 Å². The summed E-state index contributed by atoms with van der Waals surface area (Å²) in [7, 11) is 0. The minimum absolute atomic E-state index is 0.172. The number of imide groups is 1. The molecule has 0 bridgehead atoms. The van der Waals surface area contributed by atoms with Gasteiger partial charge in [0.2, 0.25) is 17.7 Å². The molecule has 2 fully saturated rings. The lowest BCUT2D eigenvalue weighted by atomic mass is 9.81. The van der Waals surface area contributed by atoms with E-state index in [0.29, 0.717) is 13.2 Å². The number of likely N-dealkylation sites (tertiary alicyclic amines) is 1. The highest BCUT2D eigenvalue weighted by Crippen LogP contribution is 2.37. The Balaban J connectivity index is 1.22. The van der Waals surface area contributed by atoms with E-state index in [4.69, 9.17) is 4.74 Å². The van der Waals surface area contributed by atoms with Crippen molar-refractivity contribution < 1.29 is 19.1 Å². The molecule has 6 nitrogen and oxygen atoms in total. The Bertz CT molecular complexity index is 737. The van der Waals surface area contributed by atoms with Crippen LogP contribution in [0.15, 0.2) is 18.2 Å². The third kappa shape index (κ3) is 3.70. The van der Waals surface area contributed by atoms with Crippen LogP contribution in [0.2, 0.25) is 0 Å². The van der Waals surface area contributed by atoms with E-state index in [1.54, 1.807) is 0 Å². The van der Waals surface area contributed by atoms with E-state index in [0.717, 1.165) is 49.2 Å². The zero-order valence-electron chi connectivity index (χ0n) is 15.5. The number of nitrogens with one attached hydrogen (secondary N) is 1. The van der Waals surface area contributed by atoms with Crippen molar-refractivity contribution in [3.8, 4) is 5.75 Å². The summed E-state index contributed by atoms with van der Waals surface area (Å²) in [6, 6.07) is 6.16. The van der Waals surface area contributed by atoms with Gasteiger partial charge in [-0.1, -0.05) is 18.9 Å². The van der Waals surface area contributed by atoms with Gasteiger partial charge in [-0.15, -0.1) is 0 Å². The fourth-order valence-corrected chi connectivity index (χ4v) is 4.58. The predicted molar refractivity (Wildman–Crippen MR) is 99.1 cm³/mol. The number of rotatable bonds is 6. The van der Waals surface area contributed by atoms with Gasteiger partial charge in [0.25, 0.3) is 0 Å². The van der Waals surface area contributed by atoms with Gasteiger partial charge in [-0.2, -0.15) is 0 Å². The smallest absolute Gasteiger partial charge is 0.240 e. The number of benzene rings is 1. The lowest BCUT2D eigenvalue weighted by Gasteiger charge is -2.19. The van der Waals surface area contributed by atoms with Crippen molar-refractivity contribution in [2.24, 2.45) is 11.8 Å². The van der Waals surface area contributed by atoms with Crippen LogP contribution in [0.5, 0.6) is 5.75 Å². The maximum atomic E-state index is 12.4. The average Bonchev–Trinajstić information content (AvgIpc) is 3.24. The molecule has 0 unspecified atom stereocenters. The number of amides is 3. The molecule has 3 aliphatic rings. The van der Waals surface area contributed by atoms with Crippen LogP contribution in [-0.2, 0) is 27.2 Å². The van der Waals surface area contributed by atoms with Crippen LogP contribution in [0.25, 0.3) is 0 Å². The van der Waals surface area contributed by atoms with Gasteiger partial charge in [0, 0.05) is 0 Å². The van der Waals surface area contributed by atoms with Gasteiger partial charge in [-0.25, -0.2) is 0 Å². The quantitative estimate of drug-likeness (QED) is 0.612. The van der Waals surface area contributed by atoms with Crippen molar-refractivity contribution >= 4 is 17.7 Å². The maximum Gasteiger partial charge on any atom is 0.240 e. The summed E-state index contributed by atoms with van der Waals surface area (Å²) >= 11 is 0. The molecular weight excluding hydrogens is 344 g/mol. The normalized spacial score (nSPS) is 23.9. The number of nitrogens with zero attached hydrogens (tertiary/aromatic N) is 1. The van der Waals surface area contributed by atoms with Crippen LogP contribution < -0.4 is 10.1 Å². The number of carbonyl (C=O) groups excluding carboxylic acids is 3. The monoisotopic (exact) mass is 370 g/mol. The van der Waals surface area contributed by atoms with Gasteiger partial charge < -0.3 is 10.1 Å². The van der Waals surface area contributed by atoms with Gasteiger partial charge in [0.05, 0.1) is 18.4 Å². The topological polar surface area (TPSA) is 75.7 Å². The van der Waals surface area contributed by atoms with Gasteiger partial charge in [0.15, 0.2) is 0 Å². The Morgan fingerprint density at radius 2 is 1.74 bits per heavy atom. The Kier molecular flexibility index (Phi) is 5.14. The minimum atomic E-state index is -0.312. The van der Waals surface area contributed by atoms with E-state index in [1.807, 2.05) is 6.07 Å². The van der Waals surface area contributed by atoms with Gasteiger partial charge in [0.1, 0.15) is 18.9 Å². The first-order chi connectivity index (χ1) is 13.1. The van der Waals surface area contributed by atoms with Crippen molar-refractivity contribution in [2.75, 3.05) is 19.7 Å². The van der Waals surface area contributed by atoms with E-state index in [2.05, 4.69) is 17.4 Å². The van der Waals surface area contributed by atoms with Crippen molar-refractivity contribution in [2.45, 2.75) is 44.9 Å². The average molecular weight is 370 g/mol. The standard InChI is InChI=1S/C21H26N2O4/c24-19(13-23-20(25)17-6-1-2-7-18(17)21(23)26)22-10-11-27-16-9-8-14-4-3-5-15(14)12-16/h8-9,12,17-18H,1-7,10-11,13H2,(H,22,24)/t17-,18+. The van der Waals surface area contributed by atoms with Crippen molar-refractivity contribution in [1.29, 1.82) is 0 Å². The molecule has 3 amide bonds. The zero-order valence-corrected chi connectivity index (χ0v) is 15.5. The summed E-state index contributed by atoms with van der Waals surface area (Å²) in [6.45, 7) is 0.528. The number of hydrogen-bond acceptors (Lipinski definition) is 4. The van der Waals surface area contributed by atoms with Crippen LogP contribution >= 0.6 is 0 Å². The first-order valence-electron chi connectivity index (χ1n) is 10.00. The molecule has 4 rings (SSSR count). The van der Waals surface area contributed by atoms with E-state index in [-0.39, 0.29) is 36.1 Å². The lowest BCUT2D eigenvalue weighted by molar-refractivity contribution is -0.143. The van der Waals surface area contributed by atoms with Gasteiger partial charge >= 0.3 is 0 Å². The van der Waals surface area contributed by atoms with Crippen molar-refractivity contribution in [3.05, 3.63) is 29.3 Å². The van der Waals surface area contributed by atoms with Crippen LogP contribution in [-0.4, -0.2) is 42.3 Å². The highest BCUT2D eigenvalue weighted by molar-refractivity contribution is 6.07. The first-order valence-corrected chi connectivity index (χ1v) is 10.00. The van der Waals surface area contributed by atoms with E-state index in [9.17, 15) is 14.4 Å². The minimum Gasteiger partial charge on any atom is -0.492 e. The Labute approximate surface area is 159 Å². The summed E-state index contributed by atoms with van der Waals surface area (Å²) in [5.74, 6) is -0.250. The van der Waals surface area contributed by atoms with Crippen LogP contribution in [0.1, 0.15) is 43.2 Å². The summed E-state index contributed by atoms with van der Waals surface area (Å²) in [6.07, 6.45) is 6.94. The van der Waals surface area contributed by atoms with Crippen molar-refractivity contribution in [1.82, 2.24) is 10.2 Å². The molecule has 1 N–H and O–H groups in total. The molecule has 144 valence electrons. The molecule has 1 heterocycles. The second kappa shape index (κ2) is 7.71. The fourth-order valence-electron chi connectivity index (χ4n) is 4.58. The molecule has 2 aliphatic carbocycles. The SMILES string of the molecule is O=C(CN1C(=O)[C@H]2CCCC[C@H]2C1=O)NCCOc1ccc2c(c1)CCC2. The van der Waals surface area contributed by atoms with Gasteiger partial charge in [-0.3, -0.25) is 19.3 Å². The Morgan fingerprint density at radius 3 is 2.48 bits per heavy atom. The van der Waals surface area contributed by atoms with Crippen LogP contribution in [0, 0.1) is 11.8 Å². The summed E-state index contributed by atoms with van der Waals surface area (Å²) in [5.41, 5.74) is 2.75. The molecule has 1 aromatic carbocycles. The van der Waals surface area contributed by atoms with E-state index < -0.39 is 0 Å². The number of carbonyl (C=O) groups is 3. The highest BCUT2D eigenvalue weighted by Gasteiger charge is 2.48. The number of fused-ring (bicyclic) bond motifs is 2. The molecule has 0 aromatic heterocycles. The Morgan fingerprint density at radius 1 is 1.04 bits per heavy atom. The molecule has 6 heteroatoms. The molecule has 0 radical (unpaired) electrons. The third-order valence-corrected chi connectivity index (χ3v) is 6.00. The highest BCUT2D eigenvalue weighted by atomic mass is 16.5. The maximum absolute atomic E-state index is 12.4. The Hall–Kier alpha value is -2.37. The third-order valence-electron chi connectivity index (χ3n) is 6.00. The van der Waals surface area contributed by atoms with Gasteiger partial charge in [-0.05, 0) is 55.4 Å². The molecule has 1 saturated heterocycles. The zero-order chi connectivity index (χ0) is 18.8. The number of hydrogen-bond donors (Lipinski definition) is 1. The molecule has 27 heavy (non-hydrogen) atoms. The second-order valence-electron chi connectivity index (χ2n) is 7.74. The second-order valence-corrected chi connectivity index (χ2v) is 7.74. The molecule has 1 saturated carbocycles. The molecule has 1 aromatic rings. The molecular formula is C21H26N2O4. The van der Waals surface area contributed by atoms with Crippen molar-refractivity contribution in [3.63, 3.8) is 0 Å². The molecule has 1 aliphatic heterocycles. The molecule has 2 atom stereocenters. The molecule has 0 spiro atoms. The number of aryl methyl sites for hydroxylation is 2. The van der Waals surface area contributed by atoms with E-state index >= 15 is 0 Å². The van der Waals surface area contributed by atoms with Crippen LogP contribution in [0.4, 0.5) is 0 Å². The fraction of sp³-hybridized carbons (Fsp3) is 0.571. The largest absolute Gasteiger partial charge is 0.492 e. The number of ether oxygens (including phenoxy) is 1.